The molecular formula is C15H20N2O. The van der Waals surface area contributed by atoms with Gasteiger partial charge in [-0.2, -0.15) is 5.26 Å². The molecule has 3 heteroatoms. The topological polar surface area (TPSA) is 45.0 Å². The van der Waals surface area contributed by atoms with Crippen LogP contribution in [0.2, 0.25) is 0 Å². The third-order valence-corrected chi connectivity index (χ3v) is 3.40. The molecule has 0 aromatic heterocycles. The van der Waals surface area contributed by atoms with Crippen molar-refractivity contribution in [2.45, 2.75) is 38.8 Å². The second kappa shape index (κ2) is 6.42. The quantitative estimate of drug-likeness (QED) is 0.802. The van der Waals surface area contributed by atoms with Crippen molar-refractivity contribution in [3.8, 4) is 11.8 Å². The molecule has 2 rings (SSSR count). The molecule has 2 atom stereocenters. The van der Waals surface area contributed by atoms with Crippen molar-refractivity contribution in [2.24, 2.45) is 5.92 Å². The highest BCUT2D eigenvalue weighted by Crippen LogP contribution is 2.35. The third kappa shape index (κ3) is 3.48. The number of nitrogens with zero attached hydrogens (tertiary/aromatic N) is 1. The Morgan fingerprint density at radius 1 is 1.44 bits per heavy atom. The Morgan fingerprint density at radius 3 is 3.06 bits per heavy atom. The number of benzene rings is 1. The van der Waals surface area contributed by atoms with Crippen molar-refractivity contribution < 1.29 is 4.74 Å². The summed E-state index contributed by atoms with van der Waals surface area (Å²) in [5, 5.41) is 12.1. The van der Waals surface area contributed by atoms with Crippen LogP contribution in [0.1, 0.15) is 31.7 Å². The van der Waals surface area contributed by atoms with E-state index in [0.29, 0.717) is 6.04 Å². The molecule has 0 amide bonds. The monoisotopic (exact) mass is 244 g/mol. The number of hydrogen-bond acceptors (Lipinski definition) is 3. The lowest BCUT2D eigenvalue weighted by atomic mass is 10.2. The van der Waals surface area contributed by atoms with E-state index in [1.807, 2.05) is 24.3 Å². The van der Waals surface area contributed by atoms with Crippen LogP contribution in [0.15, 0.2) is 24.3 Å². The van der Waals surface area contributed by atoms with Crippen LogP contribution in [0.4, 0.5) is 0 Å². The highest BCUT2D eigenvalue weighted by Gasteiger charge is 2.35. The van der Waals surface area contributed by atoms with Gasteiger partial charge in [-0.15, -0.1) is 0 Å². The Balaban J connectivity index is 1.84. The second-order valence-electron chi connectivity index (χ2n) is 4.83. The summed E-state index contributed by atoms with van der Waals surface area (Å²) in [5.41, 5.74) is 1.13. The van der Waals surface area contributed by atoms with Gasteiger partial charge >= 0.3 is 0 Å². The highest BCUT2D eigenvalue weighted by molar-refractivity contribution is 5.33. The lowest BCUT2D eigenvalue weighted by molar-refractivity contribution is 0.362. The van der Waals surface area contributed by atoms with Crippen molar-refractivity contribution >= 4 is 0 Å². The molecule has 3 nitrogen and oxygen atoms in total. The maximum absolute atomic E-state index is 8.55. The Labute approximate surface area is 109 Å². The van der Waals surface area contributed by atoms with Crippen molar-refractivity contribution in [1.29, 1.82) is 5.26 Å². The lowest BCUT2D eigenvalue weighted by Crippen LogP contribution is -2.18. The van der Waals surface area contributed by atoms with Crippen LogP contribution in [0.25, 0.3) is 0 Å². The molecule has 18 heavy (non-hydrogen) atoms. The zero-order chi connectivity index (χ0) is 12.8. The molecule has 96 valence electrons. The number of para-hydroxylation sites is 1. The Hall–Kier alpha value is -1.53. The average Bonchev–Trinajstić information content (AvgIpc) is 3.14. The number of nitrogens with one attached hydrogen (secondary N) is 1. The average molecular weight is 244 g/mol. The first-order valence-corrected chi connectivity index (χ1v) is 6.66. The van der Waals surface area contributed by atoms with E-state index in [1.54, 1.807) is 0 Å². The Bertz CT molecular complexity index is 425. The smallest absolute Gasteiger partial charge is 0.174 e. The van der Waals surface area contributed by atoms with E-state index in [-0.39, 0.29) is 6.61 Å². The molecule has 1 aromatic carbocycles. The molecule has 1 aromatic rings. The fourth-order valence-electron chi connectivity index (χ4n) is 2.33. The minimum atomic E-state index is 0.110. The van der Waals surface area contributed by atoms with E-state index in [9.17, 15) is 0 Å². The summed E-state index contributed by atoms with van der Waals surface area (Å²) in [4.78, 5) is 0. The standard InChI is InChI=1S/C15H20N2O/c1-2-5-12-10-14(12)17-11-13-6-3-4-7-15(13)18-9-8-16/h3-4,6-7,12,14,17H,2,5,9-11H2,1H3. The minimum Gasteiger partial charge on any atom is -0.478 e. The summed E-state index contributed by atoms with van der Waals surface area (Å²) >= 11 is 0. The van der Waals surface area contributed by atoms with Crippen LogP contribution in [0.3, 0.4) is 0 Å². The molecule has 1 N–H and O–H groups in total. The largest absolute Gasteiger partial charge is 0.478 e. The van der Waals surface area contributed by atoms with Gasteiger partial charge in [0.05, 0.1) is 0 Å². The number of rotatable bonds is 7. The SMILES string of the molecule is CCCC1CC1NCc1ccccc1OCC#N. The van der Waals surface area contributed by atoms with Crippen molar-refractivity contribution in [2.75, 3.05) is 6.61 Å². The van der Waals surface area contributed by atoms with E-state index < -0.39 is 0 Å². The normalized spacial score (nSPS) is 21.3. The summed E-state index contributed by atoms with van der Waals surface area (Å²) in [5.74, 6) is 1.68. The zero-order valence-electron chi connectivity index (χ0n) is 10.9. The first kappa shape index (κ1) is 12.9. The summed E-state index contributed by atoms with van der Waals surface area (Å²) in [6.45, 7) is 3.17. The predicted molar refractivity (Wildman–Crippen MR) is 71.2 cm³/mol. The molecule has 0 saturated heterocycles. The number of ether oxygens (including phenoxy) is 1. The Morgan fingerprint density at radius 2 is 2.28 bits per heavy atom. The van der Waals surface area contributed by atoms with Gasteiger partial charge in [0.1, 0.15) is 11.8 Å². The summed E-state index contributed by atoms with van der Waals surface area (Å²) in [7, 11) is 0. The minimum absolute atomic E-state index is 0.110. The third-order valence-electron chi connectivity index (χ3n) is 3.40. The van der Waals surface area contributed by atoms with E-state index >= 15 is 0 Å². The molecule has 1 fully saturated rings. The fraction of sp³-hybridized carbons (Fsp3) is 0.533. The lowest BCUT2D eigenvalue weighted by Gasteiger charge is -2.10. The number of hydrogen-bond donors (Lipinski definition) is 1. The molecule has 0 radical (unpaired) electrons. The maximum atomic E-state index is 8.55. The molecule has 1 saturated carbocycles. The van der Waals surface area contributed by atoms with Crippen LogP contribution >= 0.6 is 0 Å². The Kier molecular flexibility index (Phi) is 4.60. The van der Waals surface area contributed by atoms with Crippen LogP contribution in [-0.4, -0.2) is 12.6 Å². The summed E-state index contributed by atoms with van der Waals surface area (Å²) in [6.07, 6.45) is 3.89. The van der Waals surface area contributed by atoms with Gasteiger partial charge in [0.25, 0.3) is 0 Å². The highest BCUT2D eigenvalue weighted by atomic mass is 16.5. The first-order chi connectivity index (χ1) is 8.85. The van der Waals surface area contributed by atoms with Crippen LogP contribution in [0, 0.1) is 17.2 Å². The van der Waals surface area contributed by atoms with Crippen molar-refractivity contribution in [1.82, 2.24) is 5.32 Å². The molecule has 0 aliphatic heterocycles. The van der Waals surface area contributed by atoms with Gasteiger partial charge in [0.15, 0.2) is 6.61 Å². The molecule has 0 heterocycles. The van der Waals surface area contributed by atoms with Gasteiger partial charge < -0.3 is 10.1 Å². The van der Waals surface area contributed by atoms with Crippen molar-refractivity contribution in [3.63, 3.8) is 0 Å². The van der Waals surface area contributed by atoms with Crippen LogP contribution in [0.5, 0.6) is 5.75 Å². The van der Waals surface area contributed by atoms with Crippen LogP contribution in [-0.2, 0) is 6.54 Å². The zero-order valence-corrected chi connectivity index (χ0v) is 10.9. The van der Waals surface area contributed by atoms with Gasteiger partial charge in [0.2, 0.25) is 0 Å². The molecule has 2 unspecified atom stereocenters. The fourth-order valence-corrected chi connectivity index (χ4v) is 2.33. The summed E-state index contributed by atoms with van der Waals surface area (Å²) in [6, 6.07) is 10.6. The van der Waals surface area contributed by atoms with E-state index in [0.717, 1.165) is 23.8 Å². The van der Waals surface area contributed by atoms with E-state index in [2.05, 4.69) is 18.3 Å². The molecule has 1 aliphatic carbocycles. The first-order valence-electron chi connectivity index (χ1n) is 6.66. The summed E-state index contributed by atoms with van der Waals surface area (Å²) < 4.78 is 5.41. The second-order valence-corrected chi connectivity index (χ2v) is 4.83. The number of nitriles is 1. The van der Waals surface area contributed by atoms with Crippen molar-refractivity contribution in [3.05, 3.63) is 29.8 Å². The molecular weight excluding hydrogens is 224 g/mol. The van der Waals surface area contributed by atoms with Gasteiger partial charge in [0, 0.05) is 18.2 Å². The van der Waals surface area contributed by atoms with Gasteiger partial charge in [-0.05, 0) is 24.8 Å². The molecule has 0 spiro atoms. The van der Waals surface area contributed by atoms with Crippen LogP contribution < -0.4 is 10.1 Å². The van der Waals surface area contributed by atoms with Gasteiger partial charge in [-0.3, -0.25) is 0 Å². The van der Waals surface area contributed by atoms with E-state index in [1.165, 1.54) is 19.3 Å². The molecule has 1 aliphatic rings. The molecule has 0 bridgehead atoms. The van der Waals surface area contributed by atoms with Gasteiger partial charge in [-0.1, -0.05) is 31.5 Å². The maximum Gasteiger partial charge on any atom is 0.174 e. The predicted octanol–water partition coefficient (Wildman–Crippen LogP) is 2.87. The van der Waals surface area contributed by atoms with Gasteiger partial charge in [-0.25, -0.2) is 0 Å². The van der Waals surface area contributed by atoms with E-state index in [4.69, 9.17) is 10.00 Å².